The summed E-state index contributed by atoms with van der Waals surface area (Å²) >= 11 is 5.93. The minimum Gasteiger partial charge on any atom is -0.496 e. The van der Waals surface area contributed by atoms with Gasteiger partial charge in [-0.2, -0.15) is 0 Å². The van der Waals surface area contributed by atoms with E-state index in [1.165, 1.54) is 0 Å². The average molecular weight is 255 g/mol. The van der Waals surface area contributed by atoms with Gasteiger partial charge in [-0.3, -0.25) is 4.79 Å². The molecule has 1 heterocycles. The molecule has 0 saturated carbocycles. The number of methoxy groups -OCH3 is 1. The molecule has 1 unspecified atom stereocenters. The molecule has 1 saturated heterocycles. The third-order valence-electron chi connectivity index (χ3n) is 2.99. The summed E-state index contributed by atoms with van der Waals surface area (Å²) in [7, 11) is 1.59. The molecule has 0 N–H and O–H groups in total. The normalized spacial score (nSPS) is 19.3. The van der Waals surface area contributed by atoms with E-state index in [0.29, 0.717) is 30.4 Å². The smallest absolute Gasteiger partial charge is 0.142 e. The molecule has 17 heavy (non-hydrogen) atoms. The lowest BCUT2D eigenvalue weighted by atomic mass is 9.97. The van der Waals surface area contributed by atoms with E-state index in [2.05, 4.69) is 0 Å². The third-order valence-corrected chi connectivity index (χ3v) is 3.23. The van der Waals surface area contributed by atoms with Crippen LogP contribution in [0.15, 0.2) is 18.2 Å². The first kappa shape index (κ1) is 12.4. The number of benzene rings is 1. The maximum atomic E-state index is 12.0. The van der Waals surface area contributed by atoms with Gasteiger partial charge in [0.25, 0.3) is 0 Å². The second kappa shape index (κ2) is 5.52. The van der Waals surface area contributed by atoms with Crippen LogP contribution in [0.5, 0.6) is 5.75 Å². The van der Waals surface area contributed by atoms with E-state index in [1.807, 2.05) is 0 Å². The molecule has 1 aromatic rings. The summed E-state index contributed by atoms with van der Waals surface area (Å²) in [5, 5.41) is 0.622. The van der Waals surface area contributed by atoms with Crippen LogP contribution < -0.4 is 4.74 Å². The van der Waals surface area contributed by atoms with Crippen LogP contribution in [0.2, 0.25) is 5.02 Å². The van der Waals surface area contributed by atoms with Crippen molar-refractivity contribution in [2.75, 3.05) is 20.3 Å². The van der Waals surface area contributed by atoms with Crippen molar-refractivity contribution in [3.8, 4) is 5.75 Å². The molecule has 4 heteroatoms. The van der Waals surface area contributed by atoms with Crippen LogP contribution in [-0.2, 0) is 16.0 Å². The second-order valence-electron chi connectivity index (χ2n) is 4.16. The molecule has 3 nitrogen and oxygen atoms in total. The van der Waals surface area contributed by atoms with Gasteiger partial charge in [0, 0.05) is 29.5 Å². The predicted molar refractivity (Wildman–Crippen MR) is 65.6 cm³/mol. The summed E-state index contributed by atoms with van der Waals surface area (Å²) in [5.41, 5.74) is 0.844. The van der Waals surface area contributed by atoms with Gasteiger partial charge in [-0.15, -0.1) is 0 Å². The van der Waals surface area contributed by atoms with E-state index in [4.69, 9.17) is 21.1 Å². The molecule has 92 valence electrons. The number of hydrogen-bond donors (Lipinski definition) is 0. The van der Waals surface area contributed by atoms with E-state index < -0.39 is 0 Å². The number of carbonyl (C=O) groups excluding carboxylic acids is 1. The summed E-state index contributed by atoms with van der Waals surface area (Å²) in [4.78, 5) is 12.0. The second-order valence-corrected chi connectivity index (χ2v) is 4.60. The Bertz CT molecular complexity index is 411. The highest BCUT2D eigenvalue weighted by atomic mass is 35.5. The lowest BCUT2D eigenvalue weighted by molar-refractivity contribution is -0.122. The summed E-state index contributed by atoms with van der Waals surface area (Å²) in [5.74, 6) is 0.934. The van der Waals surface area contributed by atoms with Crippen LogP contribution in [0.4, 0.5) is 0 Å². The van der Waals surface area contributed by atoms with Crippen LogP contribution in [0.3, 0.4) is 0 Å². The van der Waals surface area contributed by atoms with Crippen LogP contribution in [-0.4, -0.2) is 26.1 Å². The van der Waals surface area contributed by atoms with Crippen molar-refractivity contribution < 1.29 is 14.3 Å². The fourth-order valence-electron chi connectivity index (χ4n) is 2.01. The predicted octanol–water partition coefficient (Wildman–Crippen LogP) is 2.50. The molecule has 0 bridgehead atoms. The van der Waals surface area contributed by atoms with Gasteiger partial charge >= 0.3 is 0 Å². The first-order chi connectivity index (χ1) is 8.20. The van der Waals surface area contributed by atoms with Crippen LogP contribution >= 0.6 is 11.6 Å². The number of ether oxygens (including phenoxy) is 2. The number of Topliss-reactive ketones (excluding diaryl/α,β-unsaturated/α-hetero) is 1. The molecule has 0 amide bonds. The molecule has 1 aromatic carbocycles. The highest BCUT2D eigenvalue weighted by Gasteiger charge is 2.24. The SMILES string of the molecule is COc1ccc(Cl)cc1CC(=O)C1CCOC1. The van der Waals surface area contributed by atoms with Crippen molar-refractivity contribution in [1.29, 1.82) is 0 Å². The van der Waals surface area contributed by atoms with E-state index >= 15 is 0 Å². The van der Waals surface area contributed by atoms with Crippen molar-refractivity contribution in [3.05, 3.63) is 28.8 Å². The third kappa shape index (κ3) is 2.99. The topological polar surface area (TPSA) is 35.5 Å². The van der Waals surface area contributed by atoms with Gasteiger partial charge in [0.2, 0.25) is 0 Å². The molecule has 0 aromatic heterocycles. The first-order valence-corrected chi connectivity index (χ1v) is 6.01. The zero-order valence-corrected chi connectivity index (χ0v) is 10.5. The molecule has 0 spiro atoms. The minimum absolute atomic E-state index is 0.0266. The Morgan fingerprint density at radius 3 is 3.06 bits per heavy atom. The van der Waals surface area contributed by atoms with Crippen LogP contribution in [0, 0.1) is 5.92 Å². The summed E-state index contributed by atoms with van der Waals surface area (Å²) in [6.45, 7) is 1.23. The lowest BCUT2D eigenvalue weighted by Gasteiger charge is -2.10. The van der Waals surface area contributed by atoms with Crippen molar-refractivity contribution in [2.45, 2.75) is 12.8 Å². The maximum absolute atomic E-state index is 12.0. The zero-order valence-electron chi connectivity index (χ0n) is 9.74. The zero-order chi connectivity index (χ0) is 12.3. The minimum atomic E-state index is 0.0266. The lowest BCUT2D eigenvalue weighted by Crippen LogP contribution is -2.17. The van der Waals surface area contributed by atoms with Gasteiger partial charge in [0.15, 0.2) is 0 Å². The molecule has 1 aliphatic heterocycles. The van der Waals surface area contributed by atoms with E-state index in [0.717, 1.165) is 12.0 Å². The monoisotopic (exact) mass is 254 g/mol. The number of carbonyl (C=O) groups is 1. The van der Waals surface area contributed by atoms with Crippen molar-refractivity contribution in [3.63, 3.8) is 0 Å². The number of hydrogen-bond acceptors (Lipinski definition) is 3. The highest BCUT2D eigenvalue weighted by molar-refractivity contribution is 6.30. The summed E-state index contributed by atoms with van der Waals surface area (Å²) in [6, 6.07) is 5.33. The molecule has 1 aliphatic rings. The van der Waals surface area contributed by atoms with Crippen LogP contribution in [0.25, 0.3) is 0 Å². The molecule has 1 fully saturated rings. The largest absolute Gasteiger partial charge is 0.496 e. The summed E-state index contributed by atoms with van der Waals surface area (Å²) < 4.78 is 10.4. The van der Waals surface area contributed by atoms with E-state index in [-0.39, 0.29) is 11.7 Å². The molecule has 2 rings (SSSR count). The Labute approximate surface area is 106 Å². The fourth-order valence-corrected chi connectivity index (χ4v) is 2.20. The van der Waals surface area contributed by atoms with Gasteiger partial charge in [0.1, 0.15) is 11.5 Å². The maximum Gasteiger partial charge on any atom is 0.142 e. The molecular formula is C13H15ClO3. The molecular weight excluding hydrogens is 240 g/mol. The fraction of sp³-hybridized carbons (Fsp3) is 0.462. The van der Waals surface area contributed by atoms with Gasteiger partial charge in [0.05, 0.1) is 13.7 Å². The standard InChI is InChI=1S/C13H15ClO3/c1-16-13-3-2-11(14)6-10(13)7-12(15)9-4-5-17-8-9/h2-3,6,9H,4-5,7-8H2,1H3. The van der Waals surface area contributed by atoms with E-state index in [9.17, 15) is 4.79 Å². The molecule has 0 radical (unpaired) electrons. The van der Waals surface area contributed by atoms with Gasteiger partial charge in [-0.25, -0.2) is 0 Å². The average Bonchev–Trinajstić information content (AvgIpc) is 2.83. The van der Waals surface area contributed by atoms with Crippen molar-refractivity contribution >= 4 is 17.4 Å². The van der Waals surface area contributed by atoms with Crippen molar-refractivity contribution in [1.82, 2.24) is 0 Å². The van der Waals surface area contributed by atoms with E-state index in [1.54, 1.807) is 25.3 Å². The Kier molecular flexibility index (Phi) is 4.02. The highest BCUT2D eigenvalue weighted by Crippen LogP contribution is 2.25. The van der Waals surface area contributed by atoms with Gasteiger partial charge < -0.3 is 9.47 Å². The van der Waals surface area contributed by atoms with Crippen LogP contribution in [0.1, 0.15) is 12.0 Å². The number of rotatable bonds is 4. The Hall–Kier alpha value is -1.06. The van der Waals surface area contributed by atoms with Gasteiger partial charge in [-0.1, -0.05) is 11.6 Å². The first-order valence-electron chi connectivity index (χ1n) is 5.63. The summed E-state index contributed by atoms with van der Waals surface area (Å²) in [6.07, 6.45) is 1.18. The quantitative estimate of drug-likeness (QED) is 0.828. The number of ketones is 1. The number of halogens is 1. The molecule has 0 aliphatic carbocycles. The molecule has 1 atom stereocenters. The van der Waals surface area contributed by atoms with Crippen molar-refractivity contribution in [2.24, 2.45) is 5.92 Å². The Balaban J connectivity index is 2.11. The van der Waals surface area contributed by atoms with Gasteiger partial charge in [-0.05, 0) is 24.6 Å². The Morgan fingerprint density at radius 2 is 2.41 bits per heavy atom. The Morgan fingerprint density at radius 1 is 1.59 bits per heavy atom.